The summed E-state index contributed by atoms with van der Waals surface area (Å²) in [7, 11) is 0. The van der Waals surface area contributed by atoms with Crippen molar-refractivity contribution in [3.63, 3.8) is 0 Å². The van der Waals surface area contributed by atoms with Crippen molar-refractivity contribution in [3.05, 3.63) is 0 Å². The van der Waals surface area contributed by atoms with Crippen LogP contribution < -0.4 is 0 Å². The normalized spacial score (nSPS) is 13.6. The highest BCUT2D eigenvalue weighted by Gasteiger charge is 2.38. The van der Waals surface area contributed by atoms with Crippen molar-refractivity contribution >= 4 is 11.9 Å². The molecule has 0 aliphatic heterocycles. The number of hydrogen-bond acceptors (Lipinski definition) is 2. The van der Waals surface area contributed by atoms with Gasteiger partial charge >= 0.3 is 11.9 Å². The van der Waals surface area contributed by atoms with Gasteiger partial charge in [0.25, 0.3) is 0 Å². The first kappa shape index (κ1) is 22.9. The first-order valence-corrected chi connectivity index (χ1v) is 9.93. The average molecular weight is 343 g/mol. The highest BCUT2D eigenvalue weighted by Crippen LogP contribution is 2.33. The highest BCUT2D eigenvalue weighted by atomic mass is 16.4. The van der Waals surface area contributed by atoms with E-state index in [4.69, 9.17) is 5.11 Å². The van der Waals surface area contributed by atoms with Crippen molar-refractivity contribution in [2.24, 2.45) is 5.41 Å². The Labute approximate surface area is 148 Å². The van der Waals surface area contributed by atoms with Crippen LogP contribution in [0.4, 0.5) is 0 Å². The maximum absolute atomic E-state index is 11.5. The fourth-order valence-corrected chi connectivity index (χ4v) is 3.32. The van der Waals surface area contributed by atoms with E-state index in [1.165, 1.54) is 57.8 Å². The Hall–Kier alpha value is -1.06. The Morgan fingerprint density at radius 1 is 0.708 bits per heavy atom. The molecule has 0 saturated heterocycles. The van der Waals surface area contributed by atoms with Gasteiger partial charge in [-0.05, 0) is 12.8 Å². The van der Waals surface area contributed by atoms with Crippen molar-refractivity contribution in [1.82, 2.24) is 0 Å². The van der Waals surface area contributed by atoms with Gasteiger partial charge in [0.15, 0.2) is 0 Å². The maximum atomic E-state index is 11.5. The Kier molecular flexibility index (Phi) is 13.7. The van der Waals surface area contributed by atoms with E-state index in [1.54, 1.807) is 6.92 Å². The van der Waals surface area contributed by atoms with Crippen LogP contribution in [0.1, 0.15) is 110 Å². The lowest BCUT2D eigenvalue weighted by molar-refractivity contribution is -0.156. The molecule has 0 radical (unpaired) electrons. The molecule has 0 aliphatic rings. The Bertz CT molecular complexity index is 341. The smallest absolute Gasteiger partial charge is 0.310 e. The van der Waals surface area contributed by atoms with E-state index < -0.39 is 17.4 Å². The SMILES string of the molecule is CCCCCCCCCCCCCCC(CC)(CC(=O)O)C(=O)O. The summed E-state index contributed by atoms with van der Waals surface area (Å²) in [6, 6.07) is 0. The van der Waals surface area contributed by atoms with Gasteiger partial charge in [-0.25, -0.2) is 0 Å². The van der Waals surface area contributed by atoms with Gasteiger partial charge in [0.2, 0.25) is 0 Å². The van der Waals surface area contributed by atoms with Crippen molar-refractivity contribution in [1.29, 1.82) is 0 Å². The molecule has 0 aromatic heterocycles. The minimum Gasteiger partial charge on any atom is -0.481 e. The summed E-state index contributed by atoms with van der Waals surface area (Å²) in [5.74, 6) is -1.98. The number of rotatable bonds is 17. The van der Waals surface area contributed by atoms with Crippen LogP contribution in [0, 0.1) is 5.41 Å². The predicted octanol–water partition coefficient (Wildman–Crippen LogP) is 6.03. The molecule has 0 spiro atoms. The Morgan fingerprint density at radius 2 is 1.12 bits per heavy atom. The van der Waals surface area contributed by atoms with Crippen LogP contribution in [0.3, 0.4) is 0 Å². The summed E-state index contributed by atoms with van der Waals surface area (Å²) in [4.78, 5) is 22.4. The largest absolute Gasteiger partial charge is 0.481 e. The fourth-order valence-electron chi connectivity index (χ4n) is 3.32. The molecule has 24 heavy (non-hydrogen) atoms. The molecule has 2 N–H and O–H groups in total. The summed E-state index contributed by atoms with van der Waals surface area (Å²) in [6.07, 6.45) is 15.4. The quantitative estimate of drug-likeness (QED) is 0.316. The van der Waals surface area contributed by atoms with Crippen molar-refractivity contribution in [3.8, 4) is 0 Å². The summed E-state index contributed by atoms with van der Waals surface area (Å²) in [6.45, 7) is 4.01. The summed E-state index contributed by atoms with van der Waals surface area (Å²) in [5.41, 5.74) is -1.08. The van der Waals surface area contributed by atoms with E-state index in [9.17, 15) is 14.7 Å². The first-order valence-electron chi connectivity index (χ1n) is 9.93. The van der Waals surface area contributed by atoms with Gasteiger partial charge in [-0.1, -0.05) is 90.9 Å². The van der Waals surface area contributed by atoms with Gasteiger partial charge in [-0.15, -0.1) is 0 Å². The van der Waals surface area contributed by atoms with Crippen LogP contribution in [0.2, 0.25) is 0 Å². The summed E-state index contributed by atoms with van der Waals surface area (Å²) < 4.78 is 0. The molecule has 1 atom stereocenters. The molecule has 0 aliphatic carbocycles. The summed E-state index contributed by atoms with van der Waals surface area (Å²) >= 11 is 0. The maximum Gasteiger partial charge on any atom is 0.310 e. The van der Waals surface area contributed by atoms with E-state index in [1.807, 2.05) is 0 Å². The van der Waals surface area contributed by atoms with Gasteiger partial charge in [0, 0.05) is 0 Å². The zero-order valence-corrected chi connectivity index (χ0v) is 15.8. The zero-order valence-electron chi connectivity index (χ0n) is 15.8. The number of aliphatic carboxylic acids is 2. The third-order valence-electron chi connectivity index (χ3n) is 5.13. The van der Waals surface area contributed by atoms with Gasteiger partial charge < -0.3 is 10.2 Å². The molecule has 0 heterocycles. The zero-order chi connectivity index (χ0) is 18.3. The number of hydrogen-bond donors (Lipinski definition) is 2. The minimum absolute atomic E-state index is 0.267. The third-order valence-corrected chi connectivity index (χ3v) is 5.13. The van der Waals surface area contributed by atoms with Crippen LogP contribution in [0.25, 0.3) is 0 Å². The van der Waals surface area contributed by atoms with Crippen molar-refractivity contribution in [2.45, 2.75) is 110 Å². The van der Waals surface area contributed by atoms with Gasteiger partial charge in [0.05, 0.1) is 11.8 Å². The van der Waals surface area contributed by atoms with Crippen LogP contribution in [-0.2, 0) is 9.59 Å². The lowest BCUT2D eigenvalue weighted by atomic mass is 9.77. The van der Waals surface area contributed by atoms with Crippen LogP contribution in [-0.4, -0.2) is 22.2 Å². The van der Waals surface area contributed by atoms with E-state index in [2.05, 4.69) is 6.92 Å². The first-order chi connectivity index (χ1) is 11.5. The molecule has 0 bridgehead atoms. The second-order valence-electron chi connectivity index (χ2n) is 7.15. The lowest BCUT2D eigenvalue weighted by Gasteiger charge is -2.26. The van der Waals surface area contributed by atoms with E-state index in [-0.39, 0.29) is 6.42 Å². The molecule has 0 aromatic carbocycles. The van der Waals surface area contributed by atoms with Crippen molar-refractivity contribution < 1.29 is 19.8 Å². The number of carboxylic acid groups (broad SMARTS) is 2. The van der Waals surface area contributed by atoms with Crippen LogP contribution in [0.5, 0.6) is 0 Å². The molecule has 0 saturated carbocycles. The summed E-state index contributed by atoms with van der Waals surface area (Å²) in [5, 5.41) is 18.3. The number of carboxylic acids is 2. The predicted molar refractivity (Wildman–Crippen MR) is 98.3 cm³/mol. The minimum atomic E-state index is -1.08. The van der Waals surface area contributed by atoms with Gasteiger partial charge in [-0.2, -0.15) is 0 Å². The van der Waals surface area contributed by atoms with Crippen molar-refractivity contribution in [2.75, 3.05) is 0 Å². The standard InChI is InChI=1S/C20H38O4/c1-3-5-6-7-8-9-10-11-12-13-14-15-16-20(4-2,19(23)24)17-18(21)22/h3-17H2,1-2H3,(H,21,22)(H,23,24). The average Bonchev–Trinajstić information content (AvgIpc) is 2.54. The van der Waals surface area contributed by atoms with Gasteiger partial charge in [-0.3, -0.25) is 9.59 Å². The monoisotopic (exact) mass is 342 g/mol. The molecular formula is C20H38O4. The van der Waals surface area contributed by atoms with E-state index in [0.717, 1.165) is 19.3 Å². The molecule has 1 unspecified atom stereocenters. The number of unbranched alkanes of at least 4 members (excludes halogenated alkanes) is 11. The second kappa shape index (κ2) is 14.3. The van der Waals surface area contributed by atoms with Crippen LogP contribution >= 0.6 is 0 Å². The lowest BCUT2D eigenvalue weighted by Crippen LogP contribution is -2.33. The van der Waals surface area contributed by atoms with Crippen LogP contribution in [0.15, 0.2) is 0 Å². The van der Waals surface area contributed by atoms with E-state index >= 15 is 0 Å². The molecular weight excluding hydrogens is 304 g/mol. The molecule has 142 valence electrons. The Morgan fingerprint density at radius 3 is 1.46 bits per heavy atom. The second-order valence-corrected chi connectivity index (χ2v) is 7.15. The molecule has 0 fully saturated rings. The Balaban J connectivity index is 3.69. The fraction of sp³-hybridized carbons (Fsp3) is 0.900. The highest BCUT2D eigenvalue weighted by molar-refractivity contribution is 5.81. The molecule has 4 nitrogen and oxygen atoms in total. The van der Waals surface area contributed by atoms with Gasteiger partial charge in [0.1, 0.15) is 0 Å². The third kappa shape index (κ3) is 10.7. The molecule has 0 rings (SSSR count). The topological polar surface area (TPSA) is 74.6 Å². The number of carbonyl (C=O) groups is 2. The molecule has 0 aromatic rings. The molecule has 0 amide bonds. The molecule has 4 heteroatoms. The van der Waals surface area contributed by atoms with E-state index in [0.29, 0.717) is 12.8 Å².